The van der Waals surface area contributed by atoms with Crippen LogP contribution in [0.15, 0.2) is 53.6 Å². The standard InChI is InChI=1S/C21H23N3O6/c1-14(12-19(25)22-18-7-5-4-6-17(18)21(27)29-3)23-24-20(26)13-30-16-10-8-15(28-2)9-11-16/h4-11H,12-13H2,1-3H3,(H,22,25)(H,24,26). The summed E-state index contributed by atoms with van der Waals surface area (Å²) in [6.45, 7) is 1.36. The van der Waals surface area contributed by atoms with Crippen molar-refractivity contribution in [2.45, 2.75) is 13.3 Å². The summed E-state index contributed by atoms with van der Waals surface area (Å²) in [5, 5.41) is 6.52. The van der Waals surface area contributed by atoms with Gasteiger partial charge in [0.1, 0.15) is 11.5 Å². The van der Waals surface area contributed by atoms with Gasteiger partial charge in [0.2, 0.25) is 5.91 Å². The molecule has 0 saturated carbocycles. The Balaban J connectivity index is 1.82. The largest absolute Gasteiger partial charge is 0.497 e. The fourth-order valence-corrected chi connectivity index (χ4v) is 2.36. The molecule has 0 saturated heterocycles. The number of benzene rings is 2. The third kappa shape index (κ3) is 6.93. The number of esters is 1. The highest BCUT2D eigenvalue weighted by Crippen LogP contribution is 2.17. The number of carbonyl (C=O) groups excluding carboxylic acids is 3. The molecule has 0 aromatic heterocycles. The second-order valence-corrected chi connectivity index (χ2v) is 6.11. The van der Waals surface area contributed by atoms with Crippen molar-refractivity contribution in [3.8, 4) is 11.5 Å². The normalized spacial score (nSPS) is 10.7. The number of nitrogens with one attached hydrogen (secondary N) is 2. The molecule has 0 spiro atoms. The molecule has 2 rings (SSSR count). The maximum Gasteiger partial charge on any atom is 0.339 e. The lowest BCUT2D eigenvalue weighted by Crippen LogP contribution is -2.26. The van der Waals surface area contributed by atoms with E-state index in [1.54, 1.807) is 62.6 Å². The topological polar surface area (TPSA) is 115 Å². The van der Waals surface area contributed by atoms with Crippen LogP contribution in [0, 0.1) is 0 Å². The second-order valence-electron chi connectivity index (χ2n) is 6.11. The Morgan fingerprint density at radius 3 is 2.27 bits per heavy atom. The maximum absolute atomic E-state index is 12.2. The minimum atomic E-state index is -0.555. The molecule has 0 atom stereocenters. The average Bonchev–Trinajstić information content (AvgIpc) is 2.76. The molecular formula is C21H23N3O6. The first-order valence-corrected chi connectivity index (χ1v) is 8.99. The number of amides is 2. The summed E-state index contributed by atoms with van der Waals surface area (Å²) in [6.07, 6.45) is -0.0743. The van der Waals surface area contributed by atoms with Crippen LogP contribution in [0.3, 0.4) is 0 Å². The molecule has 0 aliphatic heterocycles. The smallest absolute Gasteiger partial charge is 0.339 e. The Kier molecular flexibility index (Phi) is 8.37. The fraction of sp³-hybridized carbons (Fsp3) is 0.238. The summed E-state index contributed by atoms with van der Waals surface area (Å²) < 4.78 is 15.1. The molecule has 0 bridgehead atoms. The molecule has 9 heteroatoms. The van der Waals surface area contributed by atoms with E-state index in [-0.39, 0.29) is 18.6 Å². The summed E-state index contributed by atoms with van der Waals surface area (Å²) in [7, 11) is 2.82. The second kappa shape index (κ2) is 11.2. The summed E-state index contributed by atoms with van der Waals surface area (Å²) in [5.74, 6) is -0.229. The number of anilines is 1. The predicted molar refractivity (Wildman–Crippen MR) is 111 cm³/mol. The van der Waals surface area contributed by atoms with Gasteiger partial charge in [0.25, 0.3) is 5.91 Å². The van der Waals surface area contributed by atoms with Gasteiger partial charge in [-0.3, -0.25) is 9.59 Å². The quantitative estimate of drug-likeness (QED) is 0.371. The van der Waals surface area contributed by atoms with Crippen LogP contribution in [0.5, 0.6) is 11.5 Å². The zero-order valence-corrected chi connectivity index (χ0v) is 16.9. The SMILES string of the molecule is COC(=O)c1ccccc1NC(=O)CC(C)=NNC(=O)COc1ccc(OC)cc1. The van der Waals surface area contributed by atoms with Crippen molar-refractivity contribution in [2.24, 2.45) is 5.10 Å². The highest BCUT2D eigenvalue weighted by molar-refractivity contribution is 6.08. The number of hydrogen-bond donors (Lipinski definition) is 2. The first-order valence-electron chi connectivity index (χ1n) is 8.99. The zero-order valence-electron chi connectivity index (χ0n) is 16.9. The molecule has 158 valence electrons. The van der Waals surface area contributed by atoms with Gasteiger partial charge >= 0.3 is 5.97 Å². The summed E-state index contributed by atoms with van der Waals surface area (Å²) >= 11 is 0. The Morgan fingerprint density at radius 1 is 0.933 bits per heavy atom. The molecule has 2 N–H and O–H groups in total. The molecule has 9 nitrogen and oxygen atoms in total. The molecule has 0 aliphatic rings. The van der Waals surface area contributed by atoms with Crippen molar-refractivity contribution in [1.82, 2.24) is 5.43 Å². The van der Waals surface area contributed by atoms with Crippen molar-refractivity contribution in [3.63, 3.8) is 0 Å². The Morgan fingerprint density at radius 2 is 1.60 bits per heavy atom. The van der Waals surface area contributed by atoms with E-state index in [0.29, 0.717) is 22.9 Å². The lowest BCUT2D eigenvalue weighted by Gasteiger charge is -2.09. The van der Waals surface area contributed by atoms with Crippen molar-refractivity contribution in [3.05, 3.63) is 54.1 Å². The Hall–Kier alpha value is -3.88. The van der Waals surface area contributed by atoms with Gasteiger partial charge in [0.05, 0.1) is 31.9 Å². The molecule has 30 heavy (non-hydrogen) atoms. The van der Waals surface area contributed by atoms with Crippen LogP contribution in [0.1, 0.15) is 23.7 Å². The summed E-state index contributed by atoms with van der Waals surface area (Å²) in [6, 6.07) is 13.3. The van der Waals surface area contributed by atoms with E-state index in [2.05, 4.69) is 15.8 Å². The van der Waals surface area contributed by atoms with Gasteiger partial charge in [0.15, 0.2) is 6.61 Å². The lowest BCUT2D eigenvalue weighted by molar-refractivity contribution is -0.123. The molecule has 0 aliphatic carbocycles. The fourth-order valence-electron chi connectivity index (χ4n) is 2.36. The lowest BCUT2D eigenvalue weighted by atomic mass is 10.1. The Labute approximate surface area is 174 Å². The Bertz CT molecular complexity index is 925. The van der Waals surface area contributed by atoms with Gasteiger partial charge in [-0.25, -0.2) is 10.2 Å². The molecule has 0 unspecified atom stereocenters. The summed E-state index contributed by atoms with van der Waals surface area (Å²) in [5.41, 5.74) is 3.28. The van der Waals surface area contributed by atoms with E-state index < -0.39 is 17.8 Å². The van der Waals surface area contributed by atoms with E-state index in [1.807, 2.05) is 0 Å². The summed E-state index contributed by atoms with van der Waals surface area (Å²) in [4.78, 5) is 35.8. The predicted octanol–water partition coefficient (Wildman–Crippen LogP) is 2.38. The zero-order chi connectivity index (χ0) is 21.9. The molecule has 0 fully saturated rings. The van der Waals surface area contributed by atoms with E-state index >= 15 is 0 Å². The van der Waals surface area contributed by atoms with Crippen molar-refractivity contribution in [1.29, 1.82) is 0 Å². The number of hydrogen-bond acceptors (Lipinski definition) is 7. The minimum absolute atomic E-state index is 0.0743. The molecule has 2 amide bonds. The highest BCUT2D eigenvalue weighted by Gasteiger charge is 2.13. The highest BCUT2D eigenvalue weighted by atomic mass is 16.5. The molecule has 0 radical (unpaired) electrons. The van der Waals surface area contributed by atoms with E-state index in [0.717, 1.165) is 0 Å². The van der Waals surface area contributed by atoms with Crippen LogP contribution in [-0.4, -0.2) is 44.3 Å². The van der Waals surface area contributed by atoms with Crippen LogP contribution < -0.4 is 20.2 Å². The number of nitrogens with zero attached hydrogens (tertiary/aromatic N) is 1. The van der Waals surface area contributed by atoms with Gasteiger partial charge in [-0.15, -0.1) is 0 Å². The molecule has 0 heterocycles. The molecular weight excluding hydrogens is 390 g/mol. The van der Waals surface area contributed by atoms with E-state index in [9.17, 15) is 14.4 Å². The monoisotopic (exact) mass is 413 g/mol. The van der Waals surface area contributed by atoms with E-state index in [1.165, 1.54) is 7.11 Å². The van der Waals surface area contributed by atoms with Gasteiger partial charge < -0.3 is 19.5 Å². The van der Waals surface area contributed by atoms with Crippen LogP contribution in [-0.2, 0) is 14.3 Å². The van der Waals surface area contributed by atoms with Crippen LogP contribution in [0.25, 0.3) is 0 Å². The van der Waals surface area contributed by atoms with Gasteiger partial charge in [-0.1, -0.05) is 12.1 Å². The molecule has 2 aromatic rings. The van der Waals surface area contributed by atoms with E-state index in [4.69, 9.17) is 14.2 Å². The van der Waals surface area contributed by atoms with Crippen molar-refractivity contribution < 1.29 is 28.6 Å². The average molecular weight is 413 g/mol. The number of ether oxygens (including phenoxy) is 3. The van der Waals surface area contributed by atoms with Crippen LogP contribution in [0.2, 0.25) is 0 Å². The number of hydrazone groups is 1. The number of methoxy groups -OCH3 is 2. The van der Waals surface area contributed by atoms with Gasteiger partial charge in [-0.05, 0) is 43.3 Å². The molecule has 2 aromatic carbocycles. The van der Waals surface area contributed by atoms with Crippen LogP contribution in [0.4, 0.5) is 5.69 Å². The first kappa shape index (κ1) is 22.4. The number of rotatable bonds is 9. The number of carbonyl (C=O) groups is 3. The van der Waals surface area contributed by atoms with Gasteiger partial charge in [-0.2, -0.15) is 5.10 Å². The minimum Gasteiger partial charge on any atom is -0.497 e. The van der Waals surface area contributed by atoms with Crippen LogP contribution >= 0.6 is 0 Å². The third-order valence-electron chi connectivity index (χ3n) is 3.82. The van der Waals surface area contributed by atoms with Gasteiger partial charge in [0, 0.05) is 5.71 Å². The first-order chi connectivity index (χ1) is 14.4. The maximum atomic E-state index is 12.2. The van der Waals surface area contributed by atoms with Crippen molar-refractivity contribution in [2.75, 3.05) is 26.1 Å². The van der Waals surface area contributed by atoms with Crippen molar-refractivity contribution >= 4 is 29.2 Å². The third-order valence-corrected chi connectivity index (χ3v) is 3.82. The number of para-hydroxylation sites is 1.